The third-order valence-corrected chi connectivity index (χ3v) is 2.80. The molecule has 5 heteroatoms. The summed E-state index contributed by atoms with van der Waals surface area (Å²) < 4.78 is 5.16. The summed E-state index contributed by atoms with van der Waals surface area (Å²) in [6.07, 6.45) is 1.39. The Morgan fingerprint density at radius 3 is 2.87 bits per heavy atom. The van der Waals surface area contributed by atoms with Crippen molar-refractivity contribution < 1.29 is 19.4 Å². The van der Waals surface area contributed by atoms with E-state index in [0.29, 0.717) is 19.1 Å². The molecule has 1 atom stereocenters. The predicted octanol–water partition coefficient (Wildman–Crippen LogP) is 0.0985. The first-order valence-electron chi connectivity index (χ1n) is 5.29. The molecule has 1 saturated carbocycles. The minimum absolute atomic E-state index is 0.157. The van der Waals surface area contributed by atoms with Gasteiger partial charge in [-0.15, -0.1) is 0 Å². The second-order valence-electron chi connectivity index (χ2n) is 4.18. The second-order valence-corrected chi connectivity index (χ2v) is 4.18. The quantitative estimate of drug-likeness (QED) is 0.719. The molecular weight excluding hydrogens is 198 g/mol. The largest absolute Gasteiger partial charge is 0.481 e. The number of morpholine rings is 1. The summed E-state index contributed by atoms with van der Waals surface area (Å²) in [5.74, 6) is -0.505. The molecule has 1 heterocycles. The lowest BCUT2D eigenvalue weighted by molar-refractivity contribution is -0.159. The van der Waals surface area contributed by atoms with Gasteiger partial charge < -0.3 is 14.7 Å². The molecule has 0 aromatic heterocycles. The van der Waals surface area contributed by atoms with Gasteiger partial charge in [0, 0.05) is 13.1 Å². The van der Waals surface area contributed by atoms with Gasteiger partial charge in [0.2, 0.25) is 0 Å². The maximum Gasteiger partial charge on any atom is 0.306 e. The van der Waals surface area contributed by atoms with Crippen LogP contribution in [0.1, 0.15) is 19.3 Å². The molecule has 2 aliphatic rings. The van der Waals surface area contributed by atoms with Crippen LogP contribution in [0.15, 0.2) is 0 Å². The summed E-state index contributed by atoms with van der Waals surface area (Å²) in [7, 11) is 0. The van der Waals surface area contributed by atoms with Crippen LogP contribution in [0, 0.1) is 5.92 Å². The van der Waals surface area contributed by atoms with Gasteiger partial charge in [-0.05, 0) is 18.8 Å². The molecule has 1 amide bonds. The second kappa shape index (κ2) is 4.18. The SMILES string of the molecule is O=C(O)CC1OCCN(CC2CC2)C1=O. The summed E-state index contributed by atoms with van der Waals surface area (Å²) in [6.45, 7) is 1.83. The van der Waals surface area contributed by atoms with Gasteiger partial charge in [-0.1, -0.05) is 0 Å². The van der Waals surface area contributed by atoms with E-state index in [9.17, 15) is 9.59 Å². The summed E-state index contributed by atoms with van der Waals surface area (Å²) in [4.78, 5) is 24.0. The van der Waals surface area contributed by atoms with Gasteiger partial charge in [-0.3, -0.25) is 9.59 Å². The fourth-order valence-electron chi connectivity index (χ4n) is 1.79. The number of aliphatic carboxylic acids is 1. The van der Waals surface area contributed by atoms with Gasteiger partial charge in [0.1, 0.15) is 6.10 Å². The fraction of sp³-hybridized carbons (Fsp3) is 0.800. The zero-order valence-electron chi connectivity index (χ0n) is 8.52. The number of rotatable bonds is 4. The highest BCUT2D eigenvalue weighted by molar-refractivity contribution is 5.85. The highest BCUT2D eigenvalue weighted by Crippen LogP contribution is 2.30. The molecule has 1 aliphatic carbocycles. The molecule has 1 aliphatic heterocycles. The number of nitrogens with zero attached hydrogens (tertiary/aromatic N) is 1. The molecule has 84 valence electrons. The molecular formula is C10H15NO4. The maximum absolute atomic E-state index is 11.8. The zero-order valence-corrected chi connectivity index (χ0v) is 8.52. The minimum Gasteiger partial charge on any atom is -0.481 e. The number of carbonyl (C=O) groups excluding carboxylic acids is 1. The number of carbonyl (C=O) groups is 2. The van der Waals surface area contributed by atoms with E-state index in [2.05, 4.69) is 0 Å². The molecule has 1 N–H and O–H groups in total. The average Bonchev–Trinajstić information content (AvgIpc) is 2.95. The van der Waals surface area contributed by atoms with Crippen LogP contribution >= 0.6 is 0 Å². The van der Waals surface area contributed by atoms with Gasteiger partial charge in [0.25, 0.3) is 5.91 Å². The topological polar surface area (TPSA) is 66.8 Å². The third kappa shape index (κ3) is 2.68. The number of amides is 1. The van der Waals surface area contributed by atoms with Crippen molar-refractivity contribution in [1.82, 2.24) is 4.90 Å². The van der Waals surface area contributed by atoms with Gasteiger partial charge in [0.15, 0.2) is 0 Å². The molecule has 0 radical (unpaired) electrons. The Morgan fingerprint density at radius 1 is 1.53 bits per heavy atom. The predicted molar refractivity (Wildman–Crippen MR) is 51.3 cm³/mol. The third-order valence-electron chi connectivity index (χ3n) is 2.80. The number of ether oxygens (including phenoxy) is 1. The minimum atomic E-state index is -0.985. The van der Waals surface area contributed by atoms with Crippen LogP contribution in [0.2, 0.25) is 0 Å². The summed E-state index contributed by atoms with van der Waals surface area (Å²) in [6, 6.07) is 0. The lowest BCUT2D eigenvalue weighted by Gasteiger charge is -2.31. The molecule has 0 aromatic rings. The molecule has 0 spiro atoms. The zero-order chi connectivity index (χ0) is 10.8. The van der Waals surface area contributed by atoms with Crippen LogP contribution < -0.4 is 0 Å². The van der Waals surface area contributed by atoms with Crippen LogP contribution in [0.25, 0.3) is 0 Å². The molecule has 2 fully saturated rings. The smallest absolute Gasteiger partial charge is 0.306 e. The van der Waals surface area contributed by atoms with Crippen molar-refractivity contribution in [2.45, 2.75) is 25.4 Å². The van der Waals surface area contributed by atoms with Gasteiger partial charge in [-0.25, -0.2) is 0 Å². The van der Waals surface area contributed by atoms with Crippen LogP contribution in [0.5, 0.6) is 0 Å². The molecule has 5 nitrogen and oxygen atoms in total. The molecule has 1 unspecified atom stereocenters. The first-order chi connectivity index (χ1) is 7.16. The number of hydrogen-bond donors (Lipinski definition) is 1. The monoisotopic (exact) mass is 213 g/mol. The van der Waals surface area contributed by atoms with E-state index in [1.165, 1.54) is 12.8 Å². The van der Waals surface area contributed by atoms with E-state index in [-0.39, 0.29) is 12.3 Å². The Labute approximate surface area is 88.0 Å². The molecule has 1 saturated heterocycles. The van der Waals surface area contributed by atoms with Crippen molar-refractivity contribution in [2.24, 2.45) is 5.92 Å². The number of carboxylic acids is 1. The Morgan fingerprint density at radius 2 is 2.27 bits per heavy atom. The average molecular weight is 213 g/mol. The number of carboxylic acid groups (broad SMARTS) is 1. The van der Waals surface area contributed by atoms with E-state index >= 15 is 0 Å². The molecule has 0 bridgehead atoms. The van der Waals surface area contributed by atoms with E-state index in [1.54, 1.807) is 4.90 Å². The standard InChI is InChI=1S/C10H15NO4/c12-9(13)5-8-10(14)11(3-4-15-8)6-7-1-2-7/h7-8H,1-6H2,(H,12,13). The van der Waals surface area contributed by atoms with E-state index in [0.717, 1.165) is 6.54 Å². The Bertz CT molecular complexity index is 275. The lowest BCUT2D eigenvalue weighted by Crippen LogP contribution is -2.49. The summed E-state index contributed by atoms with van der Waals surface area (Å²) >= 11 is 0. The van der Waals surface area contributed by atoms with E-state index < -0.39 is 12.1 Å². The van der Waals surface area contributed by atoms with Gasteiger partial charge in [-0.2, -0.15) is 0 Å². The summed E-state index contributed by atoms with van der Waals surface area (Å²) in [5.41, 5.74) is 0. The summed E-state index contributed by atoms with van der Waals surface area (Å²) in [5, 5.41) is 8.61. The number of hydrogen-bond acceptors (Lipinski definition) is 3. The van der Waals surface area contributed by atoms with Gasteiger partial charge in [0.05, 0.1) is 13.0 Å². The van der Waals surface area contributed by atoms with Crippen LogP contribution in [0.4, 0.5) is 0 Å². The Balaban J connectivity index is 1.89. The molecule has 2 rings (SSSR count). The lowest BCUT2D eigenvalue weighted by atomic mass is 10.2. The van der Waals surface area contributed by atoms with E-state index in [1.807, 2.05) is 0 Å². The molecule has 15 heavy (non-hydrogen) atoms. The van der Waals surface area contributed by atoms with Gasteiger partial charge >= 0.3 is 5.97 Å². The maximum atomic E-state index is 11.8. The first kappa shape index (κ1) is 10.4. The van der Waals surface area contributed by atoms with Crippen molar-refractivity contribution in [1.29, 1.82) is 0 Å². The van der Waals surface area contributed by atoms with Crippen molar-refractivity contribution in [3.8, 4) is 0 Å². The molecule has 0 aromatic carbocycles. The highest BCUT2D eigenvalue weighted by Gasteiger charge is 2.34. The normalized spacial score (nSPS) is 26.8. The highest BCUT2D eigenvalue weighted by atomic mass is 16.5. The van der Waals surface area contributed by atoms with Crippen LogP contribution in [-0.2, 0) is 14.3 Å². The Hall–Kier alpha value is -1.10. The van der Waals surface area contributed by atoms with Crippen molar-refractivity contribution >= 4 is 11.9 Å². The first-order valence-corrected chi connectivity index (χ1v) is 5.29. The van der Waals surface area contributed by atoms with E-state index in [4.69, 9.17) is 9.84 Å². The fourth-order valence-corrected chi connectivity index (χ4v) is 1.79. The Kier molecular flexibility index (Phi) is 2.90. The van der Waals surface area contributed by atoms with Crippen molar-refractivity contribution in [2.75, 3.05) is 19.7 Å². The van der Waals surface area contributed by atoms with Crippen LogP contribution in [-0.4, -0.2) is 47.7 Å². The van der Waals surface area contributed by atoms with Crippen molar-refractivity contribution in [3.05, 3.63) is 0 Å². The van der Waals surface area contributed by atoms with Crippen LogP contribution in [0.3, 0.4) is 0 Å². The van der Waals surface area contributed by atoms with Crippen molar-refractivity contribution in [3.63, 3.8) is 0 Å².